The molecule has 116 valence electrons. The summed E-state index contributed by atoms with van der Waals surface area (Å²) < 4.78 is 6.61. The van der Waals surface area contributed by atoms with E-state index in [1.165, 1.54) is 0 Å². The molecule has 0 radical (unpaired) electrons. The highest BCUT2D eigenvalue weighted by Gasteiger charge is 2.06. The minimum absolute atomic E-state index is 0.145. The highest BCUT2D eigenvalue weighted by Crippen LogP contribution is 2.19. The minimum atomic E-state index is 0.145. The summed E-state index contributed by atoms with van der Waals surface area (Å²) in [5.74, 6) is 1.70. The number of nitrogens with two attached hydrogens (primary N) is 1. The van der Waals surface area contributed by atoms with Crippen LogP contribution < -0.4 is 15.8 Å². The lowest BCUT2D eigenvalue weighted by Crippen LogP contribution is -2.09. The molecule has 3 N–H and O–H groups in total. The second-order valence-corrected chi connectivity index (χ2v) is 5.59. The highest BCUT2D eigenvalue weighted by molar-refractivity contribution is 9.10. The first-order valence-electron chi connectivity index (χ1n) is 6.90. The fourth-order valence-corrected chi connectivity index (χ4v) is 2.29. The Morgan fingerprint density at radius 1 is 1.00 bits per heavy atom. The van der Waals surface area contributed by atoms with Gasteiger partial charge in [-0.3, -0.25) is 0 Å². The zero-order valence-electron chi connectivity index (χ0n) is 12.1. The van der Waals surface area contributed by atoms with Crippen LogP contribution in [0.5, 0.6) is 5.75 Å². The Morgan fingerprint density at radius 3 is 2.61 bits per heavy atom. The van der Waals surface area contributed by atoms with E-state index in [1.807, 2.05) is 54.6 Å². The third-order valence-electron chi connectivity index (χ3n) is 2.89. The summed E-state index contributed by atoms with van der Waals surface area (Å²) in [6, 6.07) is 17.2. The summed E-state index contributed by atoms with van der Waals surface area (Å²) >= 11 is 3.40. The van der Waals surface area contributed by atoms with Crippen LogP contribution in [0.3, 0.4) is 0 Å². The van der Waals surface area contributed by atoms with Gasteiger partial charge in [-0.1, -0.05) is 40.2 Å². The number of aromatic nitrogens is 3. The van der Waals surface area contributed by atoms with Crippen LogP contribution >= 0.6 is 15.9 Å². The number of ether oxygens (including phenoxy) is 1. The monoisotopic (exact) mass is 371 g/mol. The normalized spacial score (nSPS) is 10.3. The lowest BCUT2D eigenvalue weighted by Gasteiger charge is -2.08. The third kappa shape index (κ3) is 4.40. The van der Waals surface area contributed by atoms with E-state index in [0.29, 0.717) is 11.8 Å². The third-order valence-corrected chi connectivity index (χ3v) is 3.39. The zero-order valence-corrected chi connectivity index (χ0v) is 13.7. The molecule has 1 aromatic heterocycles. The van der Waals surface area contributed by atoms with Gasteiger partial charge in [-0.2, -0.15) is 15.0 Å². The summed E-state index contributed by atoms with van der Waals surface area (Å²) in [5, 5.41) is 3.09. The first kappa shape index (κ1) is 15.2. The molecule has 0 fully saturated rings. The van der Waals surface area contributed by atoms with Crippen molar-refractivity contribution in [1.82, 2.24) is 15.0 Å². The summed E-state index contributed by atoms with van der Waals surface area (Å²) in [6.07, 6.45) is 0. The lowest BCUT2D eigenvalue weighted by molar-refractivity contribution is 0.295. The van der Waals surface area contributed by atoms with Gasteiger partial charge in [0, 0.05) is 10.2 Å². The molecule has 3 rings (SSSR count). The Morgan fingerprint density at radius 2 is 1.83 bits per heavy atom. The van der Waals surface area contributed by atoms with E-state index in [0.717, 1.165) is 15.9 Å². The van der Waals surface area contributed by atoms with Crippen LogP contribution in [0.15, 0.2) is 59.1 Å². The van der Waals surface area contributed by atoms with Gasteiger partial charge in [0.1, 0.15) is 12.4 Å². The van der Waals surface area contributed by atoms with E-state index in [-0.39, 0.29) is 12.6 Å². The molecule has 7 heteroatoms. The van der Waals surface area contributed by atoms with Crippen molar-refractivity contribution in [3.05, 3.63) is 64.9 Å². The number of nitrogen functional groups attached to an aromatic ring is 1. The summed E-state index contributed by atoms with van der Waals surface area (Å²) in [5.41, 5.74) is 6.61. The number of benzene rings is 2. The smallest absolute Gasteiger partial charge is 0.232 e. The molecule has 6 nitrogen and oxygen atoms in total. The maximum Gasteiger partial charge on any atom is 0.232 e. The first-order valence-corrected chi connectivity index (χ1v) is 7.69. The molecular formula is C16H14BrN5O. The first-order chi connectivity index (χ1) is 11.2. The Balaban J connectivity index is 1.72. The number of hydrogen-bond donors (Lipinski definition) is 2. The van der Waals surface area contributed by atoms with Gasteiger partial charge in [0.15, 0.2) is 5.82 Å². The molecule has 0 amide bonds. The molecule has 0 aliphatic rings. The van der Waals surface area contributed by atoms with Crippen molar-refractivity contribution >= 4 is 33.5 Å². The standard InChI is InChI=1S/C16H14BrN5O/c17-11-5-4-8-13(9-11)23-10-14-20-15(18)22-16(21-14)19-12-6-2-1-3-7-12/h1-9H,10H2,(H3,18,19,20,21,22). The van der Waals surface area contributed by atoms with Crippen LogP contribution in [0.25, 0.3) is 0 Å². The summed E-state index contributed by atoms with van der Waals surface area (Å²) in [6.45, 7) is 0.201. The molecule has 23 heavy (non-hydrogen) atoms. The van der Waals surface area contributed by atoms with Crippen LogP contribution in [0.4, 0.5) is 17.6 Å². The molecule has 0 saturated carbocycles. The van der Waals surface area contributed by atoms with Crippen LogP contribution in [-0.2, 0) is 6.61 Å². The van der Waals surface area contributed by atoms with Crippen molar-refractivity contribution in [1.29, 1.82) is 0 Å². The number of nitrogens with one attached hydrogen (secondary N) is 1. The molecule has 2 aromatic carbocycles. The van der Waals surface area contributed by atoms with Gasteiger partial charge >= 0.3 is 0 Å². The molecule has 0 bridgehead atoms. The molecule has 0 unspecified atom stereocenters. The van der Waals surface area contributed by atoms with E-state index in [9.17, 15) is 0 Å². The minimum Gasteiger partial charge on any atom is -0.486 e. The Hall–Kier alpha value is -2.67. The maximum atomic E-state index is 5.74. The van der Waals surface area contributed by atoms with Crippen LogP contribution in [0, 0.1) is 0 Å². The second kappa shape index (κ2) is 7.06. The van der Waals surface area contributed by atoms with Crippen LogP contribution in [0.1, 0.15) is 5.82 Å². The van der Waals surface area contributed by atoms with E-state index < -0.39 is 0 Å². The average molecular weight is 372 g/mol. The van der Waals surface area contributed by atoms with Crippen molar-refractivity contribution in [2.24, 2.45) is 0 Å². The Labute approximate surface area is 141 Å². The van der Waals surface area contributed by atoms with Crippen molar-refractivity contribution in [3.63, 3.8) is 0 Å². The number of para-hydroxylation sites is 1. The largest absolute Gasteiger partial charge is 0.486 e. The molecular weight excluding hydrogens is 358 g/mol. The van der Waals surface area contributed by atoms with Crippen molar-refractivity contribution in [2.75, 3.05) is 11.1 Å². The lowest BCUT2D eigenvalue weighted by atomic mass is 10.3. The SMILES string of the molecule is Nc1nc(COc2cccc(Br)c2)nc(Nc2ccccc2)n1. The van der Waals surface area contributed by atoms with Crippen molar-refractivity contribution in [3.8, 4) is 5.75 Å². The van der Waals surface area contributed by atoms with Crippen molar-refractivity contribution < 1.29 is 4.74 Å². The zero-order chi connectivity index (χ0) is 16.1. The molecule has 0 atom stereocenters. The summed E-state index contributed by atoms with van der Waals surface area (Å²) in [4.78, 5) is 12.5. The van der Waals surface area contributed by atoms with E-state index >= 15 is 0 Å². The molecule has 3 aromatic rings. The van der Waals surface area contributed by atoms with Gasteiger partial charge in [-0.15, -0.1) is 0 Å². The van der Waals surface area contributed by atoms with Crippen molar-refractivity contribution in [2.45, 2.75) is 6.61 Å². The van der Waals surface area contributed by atoms with Gasteiger partial charge in [0.05, 0.1) is 0 Å². The topological polar surface area (TPSA) is 86.0 Å². The van der Waals surface area contributed by atoms with Crippen LogP contribution in [0.2, 0.25) is 0 Å². The highest BCUT2D eigenvalue weighted by atomic mass is 79.9. The van der Waals surface area contributed by atoms with E-state index in [1.54, 1.807) is 0 Å². The predicted octanol–water partition coefficient (Wildman–Crippen LogP) is 3.54. The second-order valence-electron chi connectivity index (χ2n) is 4.67. The fourth-order valence-electron chi connectivity index (χ4n) is 1.91. The number of nitrogens with zero attached hydrogens (tertiary/aromatic N) is 3. The number of halogens is 1. The van der Waals surface area contributed by atoms with E-state index in [4.69, 9.17) is 10.5 Å². The number of anilines is 3. The quantitative estimate of drug-likeness (QED) is 0.713. The maximum absolute atomic E-state index is 5.74. The Bertz CT molecular complexity index is 797. The van der Waals surface area contributed by atoms with Gasteiger partial charge in [0.25, 0.3) is 0 Å². The molecule has 1 heterocycles. The van der Waals surface area contributed by atoms with Gasteiger partial charge < -0.3 is 15.8 Å². The van der Waals surface area contributed by atoms with E-state index in [2.05, 4.69) is 36.2 Å². The van der Waals surface area contributed by atoms with Gasteiger partial charge in [-0.25, -0.2) is 0 Å². The molecule has 0 saturated heterocycles. The average Bonchev–Trinajstić information content (AvgIpc) is 2.53. The van der Waals surface area contributed by atoms with Gasteiger partial charge in [0.2, 0.25) is 11.9 Å². The number of rotatable bonds is 5. The molecule has 0 aliphatic heterocycles. The van der Waals surface area contributed by atoms with Crippen LogP contribution in [-0.4, -0.2) is 15.0 Å². The molecule has 0 spiro atoms. The number of hydrogen-bond acceptors (Lipinski definition) is 6. The Kier molecular flexibility index (Phi) is 4.68. The predicted molar refractivity (Wildman–Crippen MR) is 92.4 cm³/mol. The summed E-state index contributed by atoms with van der Waals surface area (Å²) in [7, 11) is 0. The van der Waals surface area contributed by atoms with Gasteiger partial charge in [-0.05, 0) is 30.3 Å². The fraction of sp³-hybridized carbons (Fsp3) is 0.0625. The molecule has 0 aliphatic carbocycles.